The normalized spacial score (nSPS) is 25.6. The van der Waals surface area contributed by atoms with Gasteiger partial charge in [0.2, 0.25) is 11.7 Å². The molecule has 0 bridgehead atoms. The van der Waals surface area contributed by atoms with Crippen molar-refractivity contribution < 1.29 is 27.4 Å². The second-order valence-electron chi connectivity index (χ2n) is 13.0. The number of ether oxygens (including phenoxy) is 2. The molecule has 0 spiro atoms. The first-order chi connectivity index (χ1) is 21.8. The topological polar surface area (TPSA) is 87.2 Å². The molecule has 3 saturated heterocycles. The number of nitrogens with zero attached hydrogens (tertiary/aromatic N) is 7. The minimum absolute atomic E-state index is 0.0391. The Morgan fingerprint density at radius 3 is 2.33 bits per heavy atom. The summed E-state index contributed by atoms with van der Waals surface area (Å²) in [7, 11) is 3.28. The molecule has 0 radical (unpaired) electrons. The molecule has 252 valence electrons. The van der Waals surface area contributed by atoms with E-state index < -0.39 is 17.6 Å². The minimum atomic E-state index is -4.68. The highest BCUT2D eigenvalue weighted by Crippen LogP contribution is 2.41. The number of amides is 1. The summed E-state index contributed by atoms with van der Waals surface area (Å²) in [5, 5.41) is 0. The van der Waals surface area contributed by atoms with Crippen LogP contribution >= 0.6 is 0 Å². The second-order valence-corrected chi connectivity index (χ2v) is 13.0. The lowest BCUT2D eigenvalue weighted by Crippen LogP contribution is -2.68. The van der Waals surface area contributed by atoms with Gasteiger partial charge < -0.3 is 24.2 Å². The van der Waals surface area contributed by atoms with Gasteiger partial charge in [-0.3, -0.25) is 14.7 Å². The Hall–Kier alpha value is -3.29. The van der Waals surface area contributed by atoms with E-state index in [2.05, 4.69) is 28.4 Å². The zero-order chi connectivity index (χ0) is 33.4. The molecule has 0 N–H and O–H groups in total. The van der Waals surface area contributed by atoms with Crippen molar-refractivity contribution in [2.24, 2.45) is 0 Å². The number of piperazine rings is 1. The summed E-state index contributed by atoms with van der Waals surface area (Å²) < 4.78 is 53.8. The van der Waals surface area contributed by atoms with E-state index in [-0.39, 0.29) is 35.8 Å². The third kappa shape index (κ3) is 6.59. The molecule has 0 aromatic carbocycles. The highest BCUT2D eigenvalue weighted by molar-refractivity contribution is 5.87. The standard InChI is InChI=1S/C33H46F3N7O3/c1-8-28(44)41-15-13-40(14-16-41)25-19-43(23(25)4)27-18-26(38-31(39-27)33(34,35)36)42-12-10-24(17-22(42)3)29-21(2)9-11-37-30(29)32(5,46-7)20-45-6/h8-9,11,18,22-25H,1,10,12-17,19-20H2,2-7H3/t22-,23-,24+,25-,32?/m1/s1. The van der Waals surface area contributed by atoms with Crippen LogP contribution in [0.1, 0.15) is 62.2 Å². The summed E-state index contributed by atoms with van der Waals surface area (Å²) in [6.07, 6.45) is -0.127. The number of carbonyl (C=O) groups is 1. The largest absolute Gasteiger partial charge is 0.451 e. The first kappa shape index (κ1) is 34.1. The highest BCUT2D eigenvalue weighted by Gasteiger charge is 2.44. The van der Waals surface area contributed by atoms with Crippen molar-refractivity contribution in [3.05, 3.63) is 53.6 Å². The SMILES string of the molecule is C=CC(=O)N1CCN([C@@H]2CN(c3cc(N4CC[C@H](c5c(C)ccnc5C(C)(COC)OC)C[C@H]4C)nc(C(F)(F)F)n3)[C@@H]2C)CC1. The monoisotopic (exact) mass is 645 g/mol. The lowest BCUT2D eigenvalue weighted by atomic mass is 9.80. The van der Waals surface area contributed by atoms with Gasteiger partial charge in [-0.05, 0) is 69.7 Å². The number of carbonyl (C=O) groups excluding carboxylic acids is 1. The van der Waals surface area contributed by atoms with Crippen LogP contribution in [0, 0.1) is 6.92 Å². The molecular formula is C33H46F3N7O3. The molecule has 10 nitrogen and oxygen atoms in total. The Bertz CT molecular complexity index is 1420. The average Bonchev–Trinajstić information content (AvgIpc) is 3.03. The Labute approximate surface area is 269 Å². The van der Waals surface area contributed by atoms with Crippen LogP contribution in [0.4, 0.5) is 24.8 Å². The molecule has 0 saturated carbocycles. The smallest absolute Gasteiger partial charge is 0.381 e. The van der Waals surface area contributed by atoms with Crippen LogP contribution in [-0.4, -0.2) is 109 Å². The number of hydrogen-bond acceptors (Lipinski definition) is 9. The maximum atomic E-state index is 14.1. The number of rotatable bonds is 9. The maximum absolute atomic E-state index is 14.1. The number of hydrogen-bond donors (Lipinski definition) is 0. The molecule has 3 aliphatic heterocycles. The minimum Gasteiger partial charge on any atom is -0.381 e. The van der Waals surface area contributed by atoms with Gasteiger partial charge in [-0.15, -0.1) is 0 Å². The van der Waals surface area contributed by atoms with Crippen molar-refractivity contribution in [3.8, 4) is 0 Å². The molecule has 2 aromatic rings. The summed E-state index contributed by atoms with van der Waals surface area (Å²) in [6, 6.07) is 3.75. The number of aromatic nitrogens is 3. The molecule has 3 aliphatic rings. The lowest BCUT2D eigenvalue weighted by molar-refractivity contribution is -0.144. The third-order valence-electron chi connectivity index (χ3n) is 10.1. The average molecular weight is 646 g/mol. The van der Waals surface area contributed by atoms with Crippen molar-refractivity contribution >= 4 is 17.5 Å². The number of pyridine rings is 1. The molecule has 1 amide bonds. The van der Waals surface area contributed by atoms with Crippen LogP contribution < -0.4 is 9.80 Å². The quantitative estimate of drug-likeness (QED) is 0.369. The van der Waals surface area contributed by atoms with E-state index in [4.69, 9.17) is 14.5 Å². The zero-order valence-electron chi connectivity index (χ0n) is 27.7. The molecule has 46 heavy (non-hydrogen) atoms. The van der Waals surface area contributed by atoms with Gasteiger partial charge in [0.1, 0.15) is 17.2 Å². The van der Waals surface area contributed by atoms with E-state index in [0.717, 1.165) is 29.7 Å². The van der Waals surface area contributed by atoms with E-state index in [0.29, 0.717) is 51.7 Å². The lowest BCUT2D eigenvalue weighted by Gasteiger charge is -2.53. The van der Waals surface area contributed by atoms with Crippen molar-refractivity contribution in [2.45, 2.75) is 76.4 Å². The summed E-state index contributed by atoms with van der Waals surface area (Å²) in [5.74, 6) is -0.480. The van der Waals surface area contributed by atoms with E-state index in [1.807, 2.05) is 36.6 Å². The zero-order valence-corrected chi connectivity index (χ0v) is 27.7. The van der Waals surface area contributed by atoms with E-state index >= 15 is 0 Å². The van der Waals surface area contributed by atoms with Gasteiger partial charge in [-0.1, -0.05) is 6.58 Å². The fourth-order valence-corrected chi connectivity index (χ4v) is 7.34. The van der Waals surface area contributed by atoms with Gasteiger partial charge in [-0.2, -0.15) is 13.2 Å². The Kier molecular flexibility index (Phi) is 9.95. The summed E-state index contributed by atoms with van der Waals surface area (Å²) in [5.41, 5.74) is 2.32. The van der Waals surface area contributed by atoms with Crippen LogP contribution in [0.15, 0.2) is 31.0 Å². The van der Waals surface area contributed by atoms with Crippen LogP contribution in [0.3, 0.4) is 0 Å². The fourth-order valence-electron chi connectivity index (χ4n) is 7.34. The maximum Gasteiger partial charge on any atom is 0.451 e. The van der Waals surface area contributed by atoms with Crippen molar-refractivity contribution in [1.82, 2.24) is 24.8 Å². The van der Waals surface area contributed by atoms with Gasteiger partial charge in [-0.25, -0.2) is 9.97 Å². The number of halogens is 3. The predicted molar refractivity (Wildman–Crippen MR) is 170 cm³/mol. The van der Waals surface area contributed by atoms with E-state index in [1.165, 1.54) is 6.08 Å². The molecular weight excluding hydrogens is 599 g/mol. The predicted octanol–water partition coefficient (Wildman–Crippen LogP) is 4.39. The molecule has 0 aliphatic carbocycles. The Morgan fingerprint density at radius 1 is 1.09 bits per heavy atom. The van der Waals surface area contributed by atoms with Crippen molar-refractivity contribution in [2.75, 3.05) is 69.9 Å². The number of piperidine rings is 1. The number of anilines is 2. The highest BCUT2D eigenvalue weighted by atomic mass is 19.4. The van der Waals surface area contributed by atoms with Gasteiger partial charge in [0, 0.05) is 83.9 Å². The summed E-state index contributed by atoms with van der Waals surface area (Å²) in [4.78, 5) is 32.8. The molecule has 3 fully saturated rings. The fraction of sp³-hybridized carbons (Fsp3) is 0.636. The van der Waals surface area contributed by atoms with E-state index in [9.17, 15) is 18.0 Å². The first-order valence-electron chi connectivity index (χ1n) is 16.0. The first-order valence-corrected chi connectivity index (χ1v) is 16.0. The molecule has 5 atom stereocenters. The Morgan fingerprint density at radius 2 is 1.76 bits per heavy atom. The molecule has 1 unspecified atom stereocenters. The van der Waals surface area contributed by atoms with Crippen molar-refractivity contribution in [1.29, 1.82) is 0 Å². The second kappa shape index (κ2) is 13.4. The number of aryl methyl sites for hydroxylation is 1. The molecule has 5 rings (SSSR count). The van der Waals surface area contributed by atoms with Gasteiger partial charge in [0.15, 0.2) is 0 Å². The number of alkyl halides is 3. The summed E-state index contributed by atoms with van der Waals surface area (Å²) in [6.45, 7) is 15.7. The van der Waals surface area contributed by atoms with Crippen LogP contribution in [0.2, 0.25) is 0 Å². The van der Waals surface area contributed by atoms with Crippen LogP contribution in [0.25, 0.3) is 0 Å². The van der Waals surface area contributed by atoms with Crippen LogP contribution in [0.5, 0.6) is 0 Å². The molecule has 2 aromatic heterocycles. The van der Waals surface area contributed by atoms with Gasteiger partial charge in [0.05, 0.1) is 12.3 Å². The molecule has 5 heterocycles. The van der Waals surface area contributed by atoms with Gasteiger partial charge >= 0.3 is 6.18 Å². The summed E-state index contributed by atoms with van der Waals surface area (Å²) >= 11 is 0. The third-order valence-corrected chi connectivity index (χ3v) is 10.1. The number of methoxy groups -OCH3 is 2. The van der Waals surface area contributed by atoms with E-state index in [1.54, 1.807) is 31.4 Å². The van der Waals surface area contributed by atoms with Crippen molar-refractivity contribution in [3.63, 3.8) is 0 Å². The molecule has 13 heteroatoms. The van der Waals surface area contributed by atoms with Gasteiger partial charge in [0.25, 0.3) is 0 Å². The van der Waals surface area contributed by atoms with Crippen LogP contribution in [-0.2, 0) is 26.0 Å². The Balaban J connectivity index is 1.35.